The van der Waals surface area contributed by atoms with Crippen LogP contribution in [0.5, 0.6) is 0 Å². The number of nitrogens with zero attached hydrogens (tertiary/aromatic N) is 3. The second-order valence-electron chi connectivity index (χ2n) is 6.86. The SMILES string of the molecule is Cl.Cl.O=c1oc2ccccc2n1CCCCN1CCN(c2ccccc2)CC1. The maximum atomic E-state index is 12.0. The molecule has 28 heavy (non-hydrogen) atoms. The molecule has 0 unspecified atom stereocenters. The van der Waals surface area contributed by atoms with Gasteiger partial charge in [-0.25, -0.2) is 4.79 Å². The lowest BCUT2D eigenvalue weighted by molar-refractivity contribution is 0.251. The van der Waals surface area contributed by atoms with Crippen LogP contribution in [-0.2, 0) is 6.54 Å². The van der Waals surface area contributed by atoms with Crippen molar-refractivity contribution in [3.05, 3.63) is 65.1 Å². The Labute approximate surface area is 177 Å². The van der Waals surface area contributed by atoms with E-state index in [9.17, 15) is 4.79 Å². The summed E-state index contributed by atoms with van der Waals surface area (Å²) in [6.07, 6.45) is 2.08. The molecule has 152 valence electrons. The third-order valence-electron chi connectivity index (χ3n) is 5.17. The van der Waals surface area contributed by atoms with Crippen molar-refractivity contribution in [1.82, 2.24) is 9.47 Å². The van der Waals surface area contributed by atoms with Gasteiger partial charge in [-0.05, 0) is 43.7 Å². The molecule has 3 aromatic rings. The number of halogens is 2. The monoisotopic (exact) mass is 423 g/mol. The Kier molecular flexibility index (Phi) is 8.42. The molecule has 0 bridgehead atoms. The Morgan fingerprint density at radius 1 is 0.786 bits per heavy atom. The summed E-state index contributed by atoms with van der Waals surface area (Å²) in [4.78, 5) is 17.0. The zero-order chi connectivity index (χ0) is 17.8. The van der Waals surface area contributed by atoms with Gasteiger partial charge in [0.05, 0.1) is 5.52 Å². The van der Waals surface area contributed by atoms with Crippen molar-refractivity contribution >= 4 is 41.6 Å². The van der Waals surface area contributed by atoms with Crippen LogP contribution >= 0.6 is 24.8 Å². The average molecular weight is 424 g/mol. The summed E-state index contributed by atoms with van der Waals surface area (Å²) in [6, 6.07) is 18.3. The number of aryl methyl sites for hydroxylation is 1. The van der Waals surface area contributed by atoms with Gasteiger partial charge in [0.1, 0.15) is 0 Å². The van der Waals surface area contributed by atoms with E-state index in [1.165, 1.54) is 5.69 Å². The molecule has 0 N–H and O–H groups in total. The quantitative estimate of drug-likeness (QED) is 0.560. The number of fused-ring (bicyclic) bond motifs is 1. The van der Waals surface area contributed by atoms with Gasteiger partial charge < -0.3 is 9.32 Å². The molecule has 2 aromatic carbocycles. The lowest BCUT2D eigenvalue weighted by atomic mass is 10.2. The van der Waals surface area contributed by atoms with Gasteiger partial charge in [-0.2, -0.15) is 0 Å². The van der Waals surface area contributed by atoms with Crippen LogP contribution in [-0.4, -0.2) is 42.2 Å². The highest BCUT2D eigenvalue weighted by molar-refractivity contribution is 5.85. The number of piperazine rings is 1. The number of hydrogen-bond donors (Lipinski definition) is 0. The van der Waals surface area contributed by atoms with E-state index in [0.29, 0.717) is 5.58 Å². The fraction of sp³-hybridized carbons (Fsp3) is 0.381. The third-order valence-corrected chi connectivity index (χ3v) is 5.17. The minimum atomic E-state index is -0.248. The lowest BCUT2D eigenvalue weighted by Crippen LogP contribution is -2.46. The van der Waals surface area contributed by atoms with Crippen molar-refractivity contribution < 1.29 is 4.42 Å². The molecule has 1 saturated heterocycles. The average Bonchev–Trinajstić information content (AvgIpc) is 3.01. The molecule has 1 aliphatic heterocycles. The normalized spacial score (nSPS) is 14.5. The van der Waals surface area contributed by atoms with E-state index in [1.54, 1.807) is 4.57 Å². The molecule has 4 rings (SSSR count). The van der Waals surface area contributed by atoms with Gasteiger partial charge in [-0.15, -0.1) is 24.8 Å². The largest absolute Gasteiger partial charge is 0.419 e. The van der Waals surface area contributed by atoms with Crippen LogP contribution in [0, 0.1) is 0 Å². The Morgan fingerprint density at radius 2 is 1.43 bits per heavy atom. The van der Waals surface area contributed by atoms with Gasteiger partial charge in [0.25, 0.3) is 0 Å². The van der Waals surface area contributed by atoms with Crippen molar-refractivity contribution in [3.63, 3.8) is 0 Å². The van der Waals surface area contributed by atoms with Crippen molar-refractivity contribution in [2.45, 2.75) is 19.4 Å². The first-order chi connectivity index (χ1) is 12.8. The highest BCUT2D eigenvalue weighted by Gasteiger charge is 2.16. The number of anilines is 1. The van der Waals surface area contributed by atoms with Crippen LogP contribution in [0.1, 0.15) is 12.8 Å². The molecule has 2 heterocycles. The number of oxazole rings is 1. The van der Waals surface area contributed by atoms with Gasteiger partial charge in [0, 0.05) is 38.4 Å². The molecular weight excluding hydrogens is 397 g/mol. The van der Waals surface area contributed by atoms with E-state index in [0.717, 1.165) is 57.6 Å². The van der Waals surface area contributed by atoms with Crippen molar-refractivity contribution in [2.24, 2.45) is 0 Å². The first-order valence-corrected chi connectivity index (χ1v) is 9.42. The molecule has 0 atom stereocenters. The van der Waals surface area contributed by atoms with Crippen LogP contribution in [0.15, 0.2) is 63.8 Å². The van der Waals surface area contributed by atoms with Gasteiger partial charge in [-0.1, -0.05) is 30.3 Å². The zero-order valence-corrected chi connectivity index (χ0v) is 17.5. The predicted octanol–water partition coefficient (Wildman–Crippen LogP) is 4.04. The van der Waals surface area contributed by atoms with Crippen LogP contribution in [0.4, 0.5) is 5.69 Å². The van der Waals surface area contributed by atoms with E-state index >= 15 is 0 Å². The van der Waals surface area contributed by atoms with Gasteiger partial charge >= 0.3 is 5.76 Å². The highest BCUT2D eigenvalue weighted by Crippen LogP contribution is 2.16. The summed E-state index contributed by atoms with van der Waals surface area (Å²) in [7, 11) is 0. The summed E-state index contributed by atoms with van der Waals surface area (Å²) >= 11 is 0. The molecule has 0 amide bonds. The van der Waals surface area contributed by atoms with E-state index in [2.05, 4.69) is 40.1 Å². The summed E-state index contributed by atoms with van der Waals surface area (Å²) in [5.74, 6) is -0.248. The second-order valence-corrected chi connectivity index (χ2v) is 6.86. The lowest BCUT2D eigenvalue weighted by Gasteiger charge is -2.36. The summed E-state index contributed by atoms with van der Waals surface area (Å²) in [5, 5.41) is 0. The smallest absolute Gasteiger partial charge is 0.408 e. The maximum Gasteiger partial charge on any atom is 0.419 e. The topological polar surface area (TPSA) is 41.6 Å². The molecular formula is C21H27Cl2N3O2. The molecule has 1 fully saturated rings. The van der Waals surface area contributed by atoms with Crippen molar-refractivity contribution in [1.29, 1.82) is 0 Å². The molecule has 0 radical (unpaired) electrons. The van der Waals surface area contributed by atoms with E-state index in [-0.39, 0.29) is 30.6 Å². The van der Waals surface area contributed by atoms with Gasteiger partial charge in [-0.3, -0.25) is 9.47 Å². The highest BCUT2D eigenvalue weighted by atomic mass is 35.5. The number of aromatic nitrogens is 1. The Balaban J connectivity index is 0.00000140. The number of para-hydroxylation sites is 3. The summed E-state index contributed by atoms with van der Waals surface area (Å²) in [6.45, 7) is 6.17. The number of unbranched alkanes of at least 4 members (excludes halogenated alkanes) is 1. The molecule has 5 nitrogen and oxygen atoms in total. The first-order valence-electron chi connectivity index (χ1n) is 9.42. The van der Waals surface area contributed by atoms with Crippen molar-refractivity contribution in [2.75, 3.05) is 37.6 Å². The Morgan fingerprint density at radius 3 is 2.18 bits per heavy atom. The third kappa shape index (κ3) is 5.10. The second kappa shape index (κ2) is 10.6. The Bertz CT molecular complexity index is 903. The fourth-order valence-electron chi connectivity index (χ4n) is 3.70. The van der Waals surface area contributed by atoms with Crippen LogP contribution in [0.2, 0.25) is 0 Å². The predicted molar refractivity (Wildman–Crippen MR) is 119 cm³/mol. The molecule has 1 aliphatic rings. The summed E-state index contributed by atoms with van der Waals surface area (Å²) < 4.78 is 7.04. The number of benzene rings is 2. The minimum Gasteiger partial charge on any atom is -0.408 e. The molecule has 7 heteroatoms. The van der Waals surface area contributed by atoms with E-state index < -0.39 is 0 Å². The maximum absolute atomic E-state index is 12.0. The number of rotatable bonds is 6. The van der Waals surface area contributed by atoms with Crippen LogP contribution < -0.4 is 10.7 Å². The van der Waals surface area contributed by atoms with E-state index in [4.69, 9.17) is 4.42 Å². The zero-order valence-electron chi connectivity index (χ0n) is 15.8. The molecule has 0 aliphatic carbocycles. The van der Waals surface area contributed by atoms with E-state index in [1.807, 2.05) is 24.3 Å². The molecule has 0 saturated carbocycles. The number of hydrogen-bond acceptors (Lipinski definition) is 4. The van der Waals surface area contributed by atoms with Crippen molar-refractivity contribution in [3.8, 4) is 0 Å². The molecule has 1 aromatic heterocycles. The minimum absolute atomic E-state index is 0. The molecule has 0 spiro atoms. The fourth-order valence-corrected chi connectivity index (χ4v) is 3.70. The van der Waals surface area contributed by atoms with Gasteiger partial charge in [0.2, 0.25) is 0 Å². The summed E-state index contributed by atoms with van der Waals surface area (Å²) in [5.41, 5.74) is 2.89. The van der Waals surface area contributed by atoms with Crippen LogP contribution in [0.3, 0.4) is 0 Å². The van der Waals surface area contributed by atoms with Crippen LogP contribution in [0.25, 0.3) is 11.1 Å². The standard InChI is InChI=1S/C21H25N3O2.2ClH/c25-21-24(19-10-4-5-11-20(19)26-21)13-7-6-12-22-14-16-23(17-15-22)18-8-2-1-3-9-18;;/h1-5,8-11H,6-7,12-17H2;2*1H. The van der Waals surface area contributed by atoms with Gasteiger partial charge in [0.15, 0.2) is 5.58 Å². The first kappa shape index (κ1) is 22.3. The Hall–Kier alpha value is -1.95.